The van der Waals surface area contributed by atoms with Gasteiger partial charge in [0, 0.05) is 25.7 Å². The Morgan fingerprint density at radius 3 is 2.50 bits per heavy atom. The van der Waals surface area contributed by atoms with E-state index in [1.54, 1.807) is 0 Å². The highest BCUT2D eigenvalue weighted by Crippen LogP contribution is 2.08. The van der Waals surface area contributed by atoms with Crippen LogP contribution in [0.25, 0.3) is 0 Å². The molecule has 0 aliphatic heterocycles. The molecule has 3 heteroatoms. The zero-order valence-corrected chi connectivity index (χ0v) is 11.4. The fraction of sp³-hybridized carbons (Fsp3) is 1.00. The van der Waals surface area contributed by atoms with Crippen LogP contribution in [0.4, 0.5) is 0 Å². The quantitative estimate of drug-likeness (QED) is 0.553. The number of likely N-dealkylation sites (N-methyl/N-ethyl adjacent to an activating group) is 1. The van der Waals surface area contributed by atoms with Crippen LogP contribution in [-0.4, -0.2) is 44.3 Å². The van der Waals surface area contributed by atoms with Gasteiger partial charge in [-0.05, 0) is 20.4 Å². The van der Waals surface area contributed by atoms with E-state index in [2.05, 4.69) is 18.9 Å². The van der Waals surface area contributed by atoms with E-state index in [9.17, 15) is 0 Å². The zero-order valence-electron chi connectivity index (χ0n) is 11.4. The minimum absolute atomic E-state index is 0.525. The van der Waals surface area contributed by atoms with Crippen LogP contribution in [0, 0.1) is 0 Å². The first-order valence-corrected chi connectivity index (χ1v) is 6.74. The van der Waals surface area contributed by atoms with Crippen molar-refractivity contribution >= 4 is 0 Å². The summed E-state index contributed by atoms with van der Waals surface area (Å²) in [6, 6.07) is 0.525. The molecule has 0 fully saturated rings. The Morgan fingerprint density at radius 1 is 1.19 bits per heavy atom. The van der Waals surface area contributed by atoms with Gasteiger partial charge in [-0.2, -0.15) is 0 Å². The van der Waals surface area contributed by atoms with Crippen molar-refractivity contribution in [1.82, 2.24) is 4.90 Å². The molecule has 0 aromatic rings. The van der Waals surface area contributed by atoms with Crippen LogP contribution in [-0.2, 0) is 4.74 Å². The highest BCUT2D eigenvalue weighted by Gasteiger charge is 2.11. The Morgan fingerprint density at radius 2 is 1.94 bits per heavy atom. The summed E-state index contributed by atoms with van der Waals surface area (Å²) in [5.41, 5.74) is 5.81. The van der Waals surface area contributed by atoms with Crippen LogP contribution >= 0.6 is 0 Å². The predicted octanol–water partition coefficient (Wildman–Crippen LogP) is 2.25. The van der Waals surface area contributed by atoms with Gasteiger partial charge in [0.1, 0.15) is 0 Å². The number of nitrogens with zero attached hydrogens (tertiary/aromatic N) is 1. The van der Waals surface area contributed by atoms with Gasteiger partial charge >= 0.3 is 0 Å². The summed E-state index contributed by atoms with van der Waals surface area (Å²) in [6.45, 7) is 7.65. The van der Waals surface area contributed by atoms with E-state index in [4.69, 9.17) is 10.5 Å². The molecule has 1 atom stereocenters. The molecule has 0 rings (SSSR count). The van der Waals surface area contributed by atoms with Gasteiger partial charge in [-0.3, -0.25) is 4.90 Å². The second-order valence-corrected chi connectivity index (χ2v) is 4.42. The topological polar surface area (TPSA) is 38.5 Å². The second kappa shape index (κ2) is 11.4. The van der Waals surface area contributed by atoms with Crippen molar-refractivity contribution in [2.75, 3.05) is 33.4 Å². The summed E-state index contributed by atoms with van der Waals surface area (Å²) in [6.07, 6.45) is 6.51. The molecule has 0 heterocycles. The van der Waals surface area contributed by atoms with Gasteiger partial charge in [0.25, 0.3) is 0 Å². The molecule has 0 aromatic carbocycles. The highest BCUT2D eigenvalue weighted by atomic mass is 16.5. The second-order valence-electron chi connectivity index (χ2n) is 4.42. The number of rotatable bonds is 11. The third-order valence-electron chi connectivity index (χ3n) is 3.08. The lowest BCUT2D eigenvalue weighted by molar-refractivity contribution is 0.106. The lowest BCUT2D eigenvalue weighted by Gasteiger charge is -2.26. The predicted molar refractivity (Wildman–Crippen MR) is 70.7 cm³/mol. The van der Waals surface area contributed by atoms with Gasteiger partial charge in [-0.25, -0.2) is 0 Å². The Bertz CT molecular complexity index is 142. The number of ether oxygens (including phenoxy) is 1. The van der Waals surface area contributed by atoms with Crippen LogP contribution < -0.4 is 5.73 Å². The maximum atomic E-state index is 5.81. The standard InChI is InChI=1S/C13H30N2O/c1-4-6-7-8-9-13(12-14)15(3)10-11-16-5-2/h13H,4-12,14H2,1-3H3. The molecular formula is C13H30N2O. The lowest BCUT2D eigenvalue weighted by atomic mass is 10.1. The molecule has 2 N–H and O–H groups in total. The van der Waals surface area contributed by atoms with Crippen molar-refractivity contribution in [2.45, 2.75) is 52.0 Å². The number of hydrogen-bond acceptors (Lipinski definition) is 3. The summed E-state index contributed by atoms with van der Waals surface area (Å²) in [5, 5.41) is 0. The van der Waals surface area contributed by atoms with E-state index in [1.807, 2.05) is 6.92 Å². The minimum Gasteiger partial charge on any atom is -0.380 e. The smallest absolute Gasteiger partial charge is 0.0593 e. The molecule has 3 nitrogen and oxygen atoms in total. The van der Waals surface area contributed by atoms with Crippen molar-refractivity contribution in [3.05, 3.63) is 0 Å². The third-order valence-corrected chi connectivity index (χ3v) is 3.08. The summed E-state index contributed by atoms with van der Waals surface area (Å²) in [4.78, 5) is 2.33. The minimum atomic E-state index is 0.525. The van der Waals surface area contributed by atoms with Gasteiger partial charge in [-0.15, -0.1) is 0 Å². The van der Waals surface area contributed by atoms with Gasteiger partial charge in [0.05, 0.1) is 6.61 Å². The van der Waals surface area contributed by atoms with Crippen molar-refractivity contribution in [1.29, 1.82) is 0 Å². The van der Waals surface area contributed by atoms with E-state index in [0.717, 1.165) is 26.3 Å². The molecule has 0 amide bonds. The van der Waals surface area contributed by atoms with Crippen molar-refractivity contribution < 1.29 is 4.74 Å². The van der Waals surface area contributed by atoms with E-state index in [-0.39, 0.29) is 0 Å². The highest BCUT2D eigenvalue weighted by molar-refractivity contribution is 4.69. The van der Waals surface area contributed by atoms with Crippen LogP contribution in [0.5, 0.6) is 0 Å². The average molecular weight is 230 g/mol. The SMILES string of the molecule is CCCCCCC(CN)N(C)CCOCC. The molecule has 0 spiro atoms. The van der Waals surface area contributed by atoms with Crippen molar-refractivity contribution in [2.24, 2.45) is 5.73 Å². The molecule has 1 unspecified atom stereocenters. The van der Waals surface area contributed by atoms with Gasteiger partial charge in [0.15, 0.2) is 0 Å². The number of nitrogens with two attached hydrogens (primary N) is 1. The summed E-state index contributed by atoms with van der Waals surface area (Å²) < 4.78 is 5.36. The molecule has 0 aromatic heterocycles. The van der Waals surface area contributed by atoms with E-state index in [0.29, 0.717) is 6.04 Å². The molecule has 0 bridgehead atoms. The lowest BCUT2D eigenvalue weighted by Crippen LogP contribution is -2.39. The first-order chi connectivity index (χ1) is 7.76. The summed E-state index contributed by atoms with van der Waals surface area (Å²) in [7, 11) is 2.15. The molecule has 16 heavy (non-hydrogen) atoms. The van der Waals surface area contributed by atoms with Crippen molar-refractivity contribution in [3.63, 3.8) is 0 Å². The van der Waals surface area contributed by atoms with E-state index in [1.165, 1.54) is 32.1 Å². The van der Waals surface area contributed by atoms with E-state index < -0.39 is 0 Å². The fourth-order valence-electron chi connectivity index (χ4n) is 1.86. The van der Waals surface area contributed by atoms with Gasteiger partial charge in [-0.1, -0.05) is 32.6 Å². The largest absolute Gasteiger partial charge is 0.380 e. The zero-order chi connectivity index (χ0) is 12.2. The van der Waals surface area contributed by atoms with Crippen LogP contribution in [0.1, 0.15) is 46.0 Å². The van der Waals surface area contributed by atoms with Gasteiger partial charge in [0.2, 0.25) is 0 Å². The Hall–Kier alpha value is -0.120. The maximum Gasteiger partial charge on any atom is 0.0593 e. The molecule has 0 aliphatic rings. The summed E-state index contributed by atoms with van der Waals surface area (Å²) >= 11 is 0. The average Bonchev–Trinajstić information content (AvgIpc) is 2.29. The first-order valence-electron chi connectivity index (χ1n) is 6.74. The first kappa shape index (κ1) is 15.9. The maximum absolute atomic E-state index is 5.81. The molecule has 0 saturated heterocycles. The Kier molecular flexibility index (Phi) is 11.3. The number of unbranched alkanes of at least 4 members (excludes halogenated alkanes) is 3. The monoisotopic (exact) mass is 230 g/mol. The fourth-order valence-corrected chi connectivity index (χ4v) is 1.86. The Labute approximate surface area is 101 Å². The van der Waals surface area contributed by atoms with Crippen LogP contribution in [0.2, 0.25) is 0 Å². The normalized spacial score (nSPS) is 13.3. The molecular weight excluding hydrogens is 200 g/mol. The molecule has 98 valence electrons. The molecule has 0 radical (unpaired) electrons. The Balaban J connectivity index is 3.61. The molecule has 0 aliphatic carbocycles. The number of hydrogen-bond donors (Lipinski definition) is 1. The molecule has 0 saturated carbocycles. The van der Waals surface area contributed by atoms with Crippen LogP contribution in [0.15, 0.2) is 0 Å². The summed E-state index contributed by atoms with van der Waals surface area (Å²) in [5.74, 6) is 0. The van der Waals surface area contributed by atoms with Crippen molar-refractivity contribution in [3.8, 4) is 0 Å². The third kappa shape index (κ3) is 8.08. The van der Waals surface area contributed by atoms with Crippen LogP contribution in [0.3, 0.4) is 0 Å². The van der Waals surface area contributed by atoms with E-state index >= 15 is 0 Å². The van der Waals surface area contributed by atoms with Gasteiger partial charge < -0.3 is 10.5 Å².